The van der Waals surface area contributed by atoms with Gasteiger partial charge in [0.25, 0.3) is 11.2 Å². The van der Waals surface area contributed by atoms with Gasteiger partial charge in [0.2, 0.25) is 21.3 Å². The molecule has 0 aliphatic rings. The Morgan fingerprint density at radius 1 is 1.18 bits per heavy atom. The van der Waals surface area contributed by atoms with Crippen LogP contribution in [0.2, 0.25) is 0 Å². The van der Waals surface area contributed by atoms with Gasteiger partial charge in [0, 0.05) is 11.8 Å². The summed E-state index contributed by atoms with van der Waals surface area (Å²) in [7, 11) is -2.52. The molecule has 142 valence electrons. The maximum absolute atomic E-state index is 13.2. The van der Waals surface area contributed by atoms with Crippen molar-refractivity contribution in [2.75, 3.05) is 5.73 Å². The van der Waals surface area contributed by atoms with Crippen LogP contribution in [-0.2, 0) is 16.9 Å². The summed E-state index contributed by atoms with van der Waals surface area (Å²) >= 11 is 0. The molecule has 0 unspecified atom stereocenters. The standard InChI is InChI=1S/C19H15FN4O3S/c1-11-4-3-9-24-17(11)22-18-14(19(24)25)10-15(16(21)23(18)2)28(26,27)13-7-5-12(20)6-8-13/h3-10,21H,1-2H3/p+1. The molecule has 3 heterocycles. The Morgan fingerprint density at radius 3 is 2.54 bits per heavy atom. The molecule has 0 bridgehead atoms. The van der Waals surface area contributed by atoms with E-state index in [0.717, 1.165) is 29.8 Å². The van der Waals surface area contributed by atoms with Crippen LogP contribution >= 0.6 is 0 Å². The van der Waals surface area contributed by atoms with Crippen molar-refractivity contribution in [3.05, 3.63) is 70.4 Å². The summed E-state index contributed by atoms with van der Waals surface area (Å²) in [5.74, 6) is -0.623. The van der Waals surface area contributed by atoms with Crippen molar-refractivity contribution in [1.29, 1.82) is 0 Å². The minimum Gasteiger partial charge on any atom is -0.317 e. The van der Waals surface area contributed by atoms with Crippen LogP contribution in [0.1, 0.15) is 5.56 Å². The van der Waals surface area contributed by atoms with Crippen molar-refractivity contribution < 1.29 is 17.4 Å². The van der Waals surface area contributed by atoms with Crippen molar-refractivity contribution in [2.45, 2.75) is 16.7 Å². The first-order valence-electron chi connectivity index (χ1n) is 8.32. The van der Waals surface area contributed by atoms with E-state index in [2.05, 4.69) is 4.98 Å². The molecule has 28 heavy (non-hydrogen) atoms. The molecule has 0 aliphatic carbocycles. The number of halogens is 1. The zero-order valence-corrected chi connectivity index (χ0v) is 15.9. The first-order chi connectivity index (χ1) is 13.2. The number of aromatic nitrogens is 3. The lowest BCUT2D eigenvalue weighted by Crippen LogP contribution is -2.38. The molecule has 7 nitrogen and oxygen atoms in total. The predicted octanol–water partition coefficient (Wildman–Crippen LogP) is 1.53. The molecule has 0 atom stereocenters. The van der Waals surface area contributed by atoms with E-state index in [-0.39, 0.29) is 26.6 Å². The molecule has 0 saturated carbocycles. The Kier molecular flexibility index (Phi) is 3.93. The summed E-state index contributed by atoms with van der Waals surface area (Å²) < 4.78 is 42.0. The molecule has 0 radical (unpaired) electrons. The second-order valence-corrected chi connectivity index (χ2v) is 8.37. The molecule has 2 N–H and O–H groups in total. The summed E-state index contributed by atoms with van der Waals surface area (Å²) in [5.41, 5.74) is 7.22. The summed E-state index contributed by atoms with van der Waals surface area (Å²) in [6.07, 6.45) is 1.57. The fraction of sp³-hybridized carbons (Fsp3) is 0.105. The van der Waals surface area contributed by atoms with Crippen LogP contribution in [0.25, 0.3) is 16.7 Å². The molecule has 0 amide bonds. The smallest absolute Gasteiger partial charge is 0.278 e. The van der Waals surface area contributed by atoms with Gasteiger partial charge in [-0.1, -0.05) is 11.1 Å². The minimum absolute atomic E-state index is 0.0679. The van der Waals surface area contributed by atoms with E-state index < -0.39 is 21.2 Å². The van der Waals surface area contributed by atoms with Gasteiger partial charge in [0.15, 0.2) is 0 Å². The third kappa shape index (κ3) is 2.55. The van der Waals surface area contributed by atoms with Crippen molar-refractivity contribution in [1.82, 2.24) is 9.38 Å². The van der Waals surface area contributed by atoms with Gasteiger partial charge in [0.1, 0.15) is 16.1 Å². The number of rotatable bonds is 2. The lowest BCUT2D eigenvalue weighted by atomic mass is 10.2. The average molecular weight is 399 g/mol. The molecule has 1 aromatic carbocycles. The molecule has 0 saturated heterocycles. The summed E-state index contributed by atoms with van der Waals surface area (Å²) in [5, 5.41) is 0.112. The quantitative estimate of drug-likeness (QED) is 0.313. The van der Waals surface area contributed by atoms with Crippen LogP contribution in [0.3, 0.4) is 0 Å². The molecule has 9 heteroatoms. The van der Waals surface area contributed by atoms with E-state index in [1.165, 1.54) is 15.0 Å². The summed E-state index contributed by atoms with van der Waals surface area (Å²) in [6.45, 7) is 1.82. The Labute approximate surface area is 159 Å². The number of nitrogens with two attached hydrogens (primary N) is 1. The number of nitrogen functional groups attached to an aromatic ring is 1. The van der Waals surface area contributed by atoms with Crippen LogP contribution in [0.5, 0.6) is 0 Å². The van der Waals surface area contributed by atoms with Crippen LogP contribution < -0.4 is 15.9 Å². The fourth-order valence-electron chi connectivity index (χ4n) is 3.12. The number of aryl methyl sites for hydroxylation is 2. The normalized spacial score (nSPS) is 12.0. The lowest BCUT2D eigenvalue weighted by molar-refractivity contribution is -0.633. The first-order valence-corrected chi connectivity index (χ1v) is 9.81. The van der Waals surface area contributed by atoms with Crippen molar-refractivity contribution in [3.8, 4) is 0 Å². The van der Waals surface area contributed by atoms with Gasteiger partial charge in [-0.25, -0.2) is 17.4 Å². The Hall–Kier alpha value is -3.33. The number of pyridine rings is 2. The highest BCUT2D eigenvalue weighted by molar-refractivity contribution is 7.91. The third-order valence-electron chi connectivity index (χ3n) is 4.68. The maximum Gasteiger partial charge on any atom is 0.278 e. The molecule has 0 fully saturated rings. The van der Waals surface area contributed by atoms with Gasteiger partial charge in [-0.3, -0.25) is 9.20 Å². The van der Waals surface area contributed by atoms with E-state index >= 15 is 0 Å². The number of benzene rings is 1. The number of sulfone groups is 1. The van der Waals surface area contributed by atoms with Crippen molar-refractivity contribution >= 4 is 32.3 Å². The Bertz CT molecular complexity index is 1430. The highest BCUT2D eigenvalue weighted by Crippen LogP contribution is 2.26. The number of hydrogen-bond donors (Lipinski definition) is 1. The number of fused-ring (bicyclic) bond motifs is 2. The zero-order chi connectivity index (χ0) is 20.2. The van der Waals surface area contributed by atoms with Gasteiger partial charge < -0.3 is 5.73 Å². The van der Waals surface area contributed by atoms with E-state index in [1.54, 1.807) is 19.3 Å². The van der Waals surface area contributed by atoms with Crippen LogP contribution in [0.15, 0.2) is 63.2 Å². The van der Waals surface area contributed by atoms with Crippen LogP contribution in [-0.4, -0.2) is 17.8 Å². The molecule has 0 aliphatic heterocycles. The molecular weight excluding hydrogens is 383 g/mol. The average Bonchev–Trinajstić information content (AvgIpc) is 2.66. The van der Waals surface area contributed by atoms with E-state index in [9.17, 15) is 17.6 Å². The highest BCUT2D eigenvalue weighted by atomic mass is 32.2. The van der Waals surface area contributed by atoms with E-state index in [0.29, 0.717) is 5.65 Å². The lowest BCUT2D eigenvalue weighted by Gasteiger charge is -2.10. The topological polar surface area (TPSA) is 98.4 Å². The third-order valence-corrected chi connectivity index (χ3v) is 6.48. The summed E-state index contributed by atoms with van der Waals surface area (Å²) in [6, 6.07) is 9.18. The zero-order valence-electron chi connectivity index (χ0n) is 15.0. The van der Waals surface area contributed by atoms with Crippen molar-refractivity contribution in [3.63, 3.8) is 0 Å². The van der Waals surface area contributed by atoms with Gasteiger partial charge in [-0.2, -0.15) is 0 Å². The molecule has 0 spiro atoms. The Morgan fingerprint density at radius 2 is 1.86 bits per heavy atom. The van der Waals surface area contributed by atoms with Gasteiger partial charge in [-0.15, -0.1) is 0 Å². The number of anilines is 1. The van der Waals surface area contributed by atoms with Gasteiger partial charge in [-0.05, 0) is 43.3 Å². The van der Waals surface area contributed by atoms with Gasteiger partial charge in [0.05, 0.1) is 11.9 Å². The van der Waals surface area contributed by atoms with Gasteiger partial charge >= 0.3 is 0 Å². The molecular formula is C19H16FN4O3S+. The fourth-order valence-corrected chi connectivity index (χ4v) is 4.56. The number of hydrogen-bond acceptors (Lipinski definition) is 5. The first kappa shape index (κ1) is 18.1. The predicted molar refractivity (Wildman–Crippen MR) is 101 cm³/mol. The van der Waals surface area contributed by atoms with E-state index in [1.807, 2.05) is 13.0 Å². The second-order valence-electron chi connectivity index (χ2n) is 6.45. The molecule has 4 aromatic rings. The summed E-state index contributed by atoms with van der Waals surface area (Å²) in [4.78, 5) is 17.1. The van der Waals surface area contributed by atoms with Crippen molar-refractivity contribution in [2.24, 2.45) is 7.05 Å². The van der Waals surface area contributed by atoms with Crippen LogP contribution in [0.4, 0.5) is 10.2 Å². The Balaban J connectivity index is 2.10. The van der Waals surface area contributed by atoms with E-state index in [4.69, 9.17) is 5.73 Å². The molecule has 4 rings (SSSR count). The second kappa shape index (κ2) is 6.10. The van der Waals surface area contributed by atoms with Crippen LogP contribution in [0, 0.1) is 12.7 Å². The monoisotopic (exact) mass is 399 g/mol. The maximum atomic E-state index is 13.2. The minimum atomic E-state index is -4.07. The number of nitrogens with zero attached hydrogens (tertiary/aromatic N) is 3. The molecule has 3 aromatic heterocycles. The largest absolute Gasteiger partial charge is 0.317 e. The SMILES string of the molecule is Cc1cccn2c(=O)c3cc(S(=O)(=O)c4ccc(F)cc4)c(N)[n+](C)c3nc12. The highest BCUT2D eigenvalue weighted by Gasteiger charge is 2.28.